The molecule has 5 nitrogen and oxygen atoms in total. The summed E-state index contributed by atoms with van der Waals surface area (Å²) in [7, 11) is 2.00. The van der Waals surface area contributed by atoms with Crippen LogP contribution in [0.4, 0.5) is 5.95 Å². The number of nitrogens with zero attached hydrogens (tertiary/aromatic N) is 4. The lowest BCUT2D eigenvalue weighted by atomic mass is 10.1. The maximum atomic E-state index is 5.68. The van der Waals surface area contributed by atoms with Crippen LogP contribution in [0.3, 0.4) is 0 Å². The number of para-hydroxylation sites is 1. The fourth-order valence-corrected chi connectivity index (χ4v) is 2.14. The Balaban J connectivity index is 2.31. The summed E-state index contributed by atoms with van der Waals surface area (Å²) >= 11 is 0. The number of nitrogen functional groups attached to an aromatic ring is 1. The summed E-state index contributed by atoms with van der Waals surface area (Å²) in [4.78, 5) is 12.6. The molecule has 0 aliphatic rings. The van der Waals surface area contributed by atoms with Crippen molar-refractivity contribution in [2.45, 2.75) is 6.92 Å². The minimum atomic E-state index is 0.255. The van der Waals surface area contributed by atoms with Crippen molar-refractivity contribution in [2.24, 2.45) is 7.05 Å². The number of fused-ring (bicyclic) bond motifs is 1. The molecule has 1 aromatic carbocycles. The predicted molar refractivity (Wildman–Crippen MR) is 70.9 cm³/mol. The molecule has 2 N–H and O–H groups in total. The van der Waals surface area contributed by atoms with E-state index in [0.29, 0.717) is 11.6 Å². The molecule has 0 saturated carbocycles. The lowest BCUT2D eigenvalue weighted by molar-refractivity contribution is 0.961. The Hall–Kier alpha value is -2.43. The van der Waals surface area contributed by atoms with E-state index in [1.807, 2.05) is 32.3 Å². The Morgan fingerprint density at radius 2 is 1.89 bits per heavy atom. The third kappa shape index (κ3) is 1.60. The van der Waals surface area contributed by atoms with E-state index < -0.39 is 0 Å². The van der Waals surface area contributed by atoms with Gasteiger partial charge >= 0.3 is 0 Å². The van der Waals surface area contributed by atoms with Crippen LogP contribution >= 0.6 is 0 Å². The molecular formula is C13H13N5. The summed E-state index contributed by atoms with van der Waals surface area (Å²) in [5, 5.41) is 1.12. The molecular weight excluding hydrogens is 226 g/mol. The monoisotopic (exact) mass is 239 g/mol. The Morgan fingerprint density at radius 3 is 2.67 bits per heavy atom. The molecule has 2 aromatic heterocycles. The molecule has 0 spiro atoms. The second-order valence-electron chi connectivity index (χ2n) is 4.24. The highest BCUT2D eigenvalue weighted by Crippen LogP contribution is 2.27. The molecule has 3 rings (SSSR count). The number of rotatable bonds is 1. The van der Waals surface area contributed by atoms with Gasteiger partial charge in [0.25, 0.3) is 0 Å². The fraction of sp³-hybridized carbons (Fsp3) is 0.154. The van der Waals surface area contributed by atoms with Crippen LogP contribution in [0.2, 0.25) is 0 Å². The molecule has 0 aliphatic heterocycles. The standard InChI is InChI=1S/C13H13N5/c1-8-15-12(17-13(14)16-8)10-7-18(2)11-6-4-3-5-9(10)11/h3-7H,1-2H3,(H2,14,15,16,17). The highest BCUT2D eigenvalue weighted by molar-refractivity contribution is 5.94. The van der Waals surface area contributed by atoms with E-state index >= 15 is 0 Å². The molecule has 0 bridgehead atoms. The molecule has 5 heteroatoms. The molecule has 3 aromatic rings. The van der Waals surface area contributed by atoms with Gasteiger partial charge in [-0.15, -0.1) is 0 Å². The van der Waals surface area contributed by atoms with E-state index in [9.17, 15) is 0 Å². The van der Waals surface area contributed by atoms with E-state index in [2.05, 4.69) is 31.7 Å². The highest BCUT2D eigenvalue weighted by Gasteiger charge is 2.11. The smallest absolute Gasteiger partial charge is 0.223 e. The molecule has 90 valence electrons. The van der Waals surface area contributed by atoms with Crippen LogP contribution in [0.5, 0.6) is 0 Å². The lowest BCUT2D eigenvalue weighted by Crippen LogP contribution is -2.01. The van der Waals surface area contributed by atoms with Crippen LogP contribution in [-0.4, -0.2) is 19.5 Å². The molecule has 0 aliphatic carbocycles. The SMILES string of the molecule is Cc1nc(N)nc(-c2cn(C)c3ccccc23)n1. The van der Waals surface area contributed by atoms with E-state index in [4.69, 9.17) is 5.73 Å². The van der Waals surface area contributed by atoms with Crippen molar-refractivity contribution in [3.05, 3.63) is 36.3 Å². The maximum Gasteiger partial charge on any atom is 0.223 e. The van der Waals surface area contributed by atoms with Crippen LogP contribution in [0.15, 0.2) is 30.5 Å². The first-order chi connectivity index (χ1) is 8.65. The van der Waals surface area contributed by atoms with Crippen LogP contribution in [0.1, 0.15) is 5.82 Å². The van der Waals surface area contributed by atoms with Crippen LogP contribution < -0.4 is 5.73 Å². The average molecular weight is 239 g/mol. The highest BCUT2D eigenvalue weighted by atomic mass is 15.1. The quantitative estimate of drug-likeness (QED) is 0.704. The van der Waals surface area contributed by atoms with Gasteiger partial charge < -0.3 is 10.3 Å². The Labute approximate surface area is 104 Å². The number of aryl methyl sites for hydroxylation is 2. The van der Waals surface area contributed by atoms with Gasteiger partial charge in [-0.25, -0.2) is 4.98 Å². The molecule has 18 heavy (non-hydrogen) atoms. The zero-order chi connectivity index (χ0) is 12.7. The van der Waals surface area contributed by atoms with Gasteiger partial charge in [-0.3, -0.25) is 0 Å². The average Bonchev–Trinajstić information content (AvgIpc) is 2.66. The molecule has 0 amide bonds. The topological polar surface area (TPSA) is 69.6 Å². The summed E-state index contributed by atoms with van der Waals surface area (Å²) in [5.41, 5.74) is 7.80. The minimum Gasteiger partial charge on any atom is -0.368 e. The molecule has 0 saturated heterocycles. The Kier molecular flexibility index (Phi) is 2.26. The van der Waals surface area contributed by atoms with Crippen molar-refractivity contribution in [3.63, 3.8) is 0 Å². The minimum absolute atomic E-state index is 0.255. The van der Waals surface area contributed by atoms with Gasteiger partial charge in [-0.05, 0) is 13.0 Å². The zero-order valence-electron chi connectivity index (χ0n) is 10.3. The molecule has 0 atom stereocenters. The summed E-state index contributed by atoms with van der Waals surface area (Å²) in [5.74, 6) is 1.51. The molecule has 0 unspecified atom stereocenters. The van der Waals surface area contributed by atoms with Crippen LogP contribution in [0, 0.1) is 6.92 Å². The first-order valence-corrected chi connectivity index (χ1v) is 5.68. The third-order valence-electron chi connectivity index (χ3n) is 2.90. The van der Waals surface area contributed by atoms with E-state index in [1.54, 1.807) is 0 Å². The molecule has 0 radical (unpaired) electrons. The van der Waals surface area contributed by atoms with E-state index in [1.165, 1.54) is 0 Å². The normalized spacial score (nSPS) is 11.0. The summed E-state index contributed by atoms with van der Waals surface area (Å²) in [6.45, 7) is 1.81. The van der Waals surface area contributed by atoms with E-state index in [0.717, 1.165) is 16.5 Å². The van der Waals surface area contributed by atoms with Crippen molar-refractivity contribution in [1.82, 2.24) is 19.5 Å². The van der Waals surface area contributed by atoms with Crippen molar-refractivity contribution in [3.8, 4) is 11.4 Å². The van der Waals surface area contributed by atoms with Gasteiger partial charge in [0.1, 0.15) is 5.82 Å². The number of benzene rings is 1. The second-order valence-corrected chi connectivity index (χ2v) is 4.24. The molecule has 2 heterocycles. The number of hydrogen-bond donors (Lipinski definition) is 1. The van der Waals surface area contributed by atoms with Crippen molar-refractivity contribution >= 4 is 16.9 Å². The molecule has 0 fully saturated rings. The second kappa shape index (κ2) is 3.80. The third-order valence-corrected chi connectivity index (χ3v) is 2.90. The zero-order valence-corrected chi connectivity index (χ0v) is 10.3. The van der Waals surface area contributed by atoms with Gasteiger partial charge in [-0.1, -0.05) is 18.2 Å². The summed E-state index contributed by atoms with van der Waals surface area (Å²) in [6, 6.07) is 8.14. The van der Waals surface area contributed by atoms with Gasteiger partial charge in [0.15, 0.2) is 5.82 Å². The van der Waals surface area contributed by atoms with Gasteiger partial charge in [0.2, 0.25) is 5.95 Å². The van der Waals surface area contributed by atoms with E-state index in [-0.39, 0.29) is 5.95 Å². The summed E-state index contributed by atoms with van der Waals surface area (Å²) in [6.07, 6.45) is 2.01. The fourth-order valence-electron chi connectivity index (χ4n) is 2.14. The Bertz CT molecular complexity index is 709. The van der Waals surface area contributed by atoms with Crippen LogP contribution in [0.25, 0.3) is 22.3 Å². The number of hydrogen-bond acceptors (Lipinski definition) is 4. The van der Waals surface area contributed by atoms with Gasteiger partial charge in [0.05, 0.1) is 0 Å². The van der Waals surface area contributed by atoms with Crippen LogP contribution in [-0.2, 0) is 7.05 Å². The number of anilines is 1. The first kappa shape index (κ1) is 10.7. The number of aromatic nitrogens is 4. The van der Waals surface area contributed by atoms with Crippen molar-refractivity contribution in [2.75, 3.05) is 5.73 Å². The predicted octanol–water partition coefficient (Wildman–Crippen LogP) is 1.92. The van der Waals surface area contributed by atoms with Crippen molar-refractivity contribution < 1.29 is 0 Å². The Morgan fingerprint density at radius 1 is 1.11 bits per heavy atom. The maximum absolute atomic E-state index is 5.68. The number of nitrogens with two attached hydrogens (primary N) is 1. The lowest BCUT2D eigenvalue weighted by Gasteiger charge is -2.00. The van der Waals surface area contributed by atoms with Crippen molar-refractivity contribution in [1.29, 1.82) is 0 Å². The largest absolute Gasteiger partial charge is 0.368 e. The van der Waals surface area contributed by atoms with Gasteiger partial charge in [0, 0.05) is 29.7 Å². The summed E-state index contributed by atoms with van der Waals surface area (Å²) < 4.78 is 2.06. The van der Waals surface area contributed by atoms with Gasteiger partial charge in [-0.2, -0.15) is 9.97 Å². The first-order valence-electron chi connectivity index (χ1n) is 5.68.